The number of halogens is 2. The van der Waals surface area contributed by atoms with Crippen LogP contribution in [0, 0.1) is 0 Å². The van der Waals surface area contributed by atoms with E-state index in [4.69, 9.17) is 16.3 Å². The maximum atomic E-state index is 12.1. The van der Waals surface area contributed by atoms with Gasteiger partial charge in [0.2, 0.25) is 0 Å². The van der Waals surface area contributed by atoms with E-state index in [1.165, 1.54) is 0 Å². The zero-order valence-corrected chi connectivity index (χ0v) is 13.6. The molecular weight excluding hydrogens is 330 g/mol. The molecule has 0 bridgehead atoms. The Bertz CT molecular complexity index is 426. The van der Waals surface area contributed by atoms with Crippen molar-refractivity contribution in [2.75, 3.05) is 33.4 Å². The molecule has 0 radical (unpaired) electrons. The SMILES string of the molecule is CCOCCN(C)CCC(=O)c1ccc(Br)cc1Cl. The summed E-state index contributed by atoms with van der Waals surface area (Å²) in [5.74, 6) is 0.0701. The lowest BCUT2D eigenvalue weighted by Crippen LogP contribution is -2.26. The Morgan fingerprint density at radius 3 is 2.79 bits per heavy atom. The van der Waals surface area contributed by atoms with Gasteiger partial charge in [-0.2, -0.15) is 0 Å². The number of rotatable bonds is 8. The topological polar surface area (TPSA) is 29.5 Å². The Morgan fingerprint density at radius 2 is 2.16 bits per heavy atom. The van der Waals surface area contributed by atoms with Crippen LogP contribution in [0.25, 0.3) is 0 Å². The zero-order valence-electron chi connectivity index (χ0n) is 11.3. The first kappa shape index (κ1) is 16.6. The van der Waals surface area contributed by atoms with Gasteiger partial charge in [-0.05, 0) is 32.2 Å². The monoisotopic (exact) mass is 347 g/mol. The van der Waals surface area contributed by atoms with E-state index in [2.05, 4.69) is 20.8 Å². The van der Waals surface area contributed by atoms with E-state index in [0.29, 0.717) is 30.2 Å². The van der Waals surface area contributed by atoms with Gasteiger partial charge in [0.15, 0.2) is 5.78 Å². The highest BCUT2D eigenvalue weighted by atomic mass is 79.9. The van der Waals surface area contributed by atoms with E-state index < -0.39 is 0 Å². The van der Waals surface area contributed by atoms with Gasteiger partial charge in [-0.1, -0.05) is 27.5 Å². The molecule has 0 atom stereocenters. The Kier molecular flexibility index (Phi) is 7.61. The molecule has 0 saturated heterocycles. The highest BCUT2D eigenvalue weighted by Gasteiger charge is 2.11. The van der Waals surface area contributed by atoms with Crippen LogP contribution in [0.1, 0.15) is 23.7 Å². The number of benzene rings is 1. The second kappa shape index (κ2) is 8.69. The minimum Gasteiger partial charge on any atom is -0.380 e. The van der Waals surface area contributed by atoms with Gasteiger partial charge in [0.05, 0.1) is 11.6 Å². The van der Waals surface area contributed by atoms with Crippen LogP contribution in [0.3, 0.4) is 0 Å². The van der Waals surface area contributed by atoms with Gasteiger partial charge >= 0.3 is 0 Å². The van der Waals surface area contributed by atoms with Crippen LogP contribution in [0.2, 0.25) is 5.02 Å². The van der Waals surface area contributed by atoms with Crippen LogP contribution in [0.4, 0.5) is 0 Å². The van der Waals surface area contributed by atoms with Crippen molar-refractivity contribution in [3.8, 4) is 0 Å². The summed E-state index contributed by atoms with van der Waals surface area (Å²) in [6, 6.07) is 5.33. The van der Waals surface area contributed by atoms with Gasteiger partial charge in [-0.15, -0.1) is 0 Å². The van der Waals surface area contributed by atoms with Crippen molar-refractivity contribution < 1.29 is 9.53 Å². The number of ketones is 1. The largest absolute Gasteiger partial charge is 0.380 e. The molecule has 0 aliphatic carbocycles. The molecule has 0 aliphatic heterocycles. The third-order valence-corrected chi connectivity index (χ3v) is 3.58. The second-order valence-electron chi connectivity index (χ2n) is 4.30. The normalized spacial score (nSPS) is 11.0. The molecule has 1 aromatic rings. The Labute approximate surface area is 128 Å². The molecule has 19 heavy (non-hydrogen) atoms. The van der Waals surface area contributed by atoms with Crippen LogP contribution in [0.15, 0.2) is 22.7 Å². The lowest BCUT2D eigenvalue weighted by Gasteiger charge is -2.15. The third kappa shape index (κ3) is 6.04. The van der Waals surface area contributed by atoms with Crippen LogP contribution in [-0.4, -0.2) is 44.0 Å². The summed E-state index contributed by atoms with van der Waals surface area (Å²) in [5, 5.41) is 0.497. The highest BCUT2D eigenvalue weighted by Crippen LogP contribution is 2.22. The van der Waals surface area contributed by atoms with E-state index >= 15 is 0 Å². The third-order valence-electron chi connectivity index (χ3n) is 2.77. The summed E-state index contributed by atoms with van der Waals surface area (Å²) >= 11 is 9.38. The smallest absolute Gasteiger partial charge is 0.165 e. The van der Waals surface area contributed by atoms with Gasteiger partial charge in [0.25, 0.3) is 0 Å². The molecule has 3 nitrogen and oxygen atoms in total. The molecular formula is C14H19BrClNO2. The number of ether oxygens (including phenoxy) is 1. The first-order valence-electron chi connectivity index (χ1n) is 6.29. The maximum absolute atomic E-state index is 12.1. The Hall–Kier alpha value is -0.420. The predicted octanol–water partition coefficient (Wildman–Crippen LogP) is 3.64. The first-order chi connectivity index (χ1) is 9.04. The maximum Gasteiger partial charge on any atom is 0.165 e. The zero-order chi connectivity index (χ0) is 14.3. The molecule has 0 unspecified atom stereocenters. The molecule has 0 aliphatic rings. The predicted molar refractivity (Wildman–Crippen MR) is 82.1 cm³/mol. The van der Waals surface area contributed by atoms with Crippen molar-refractivity contribution in [1.82, 2.24) is 4.90 Å². The summed E-state index contributed by atoms with van der Waals surface area (Å²) in [6.45, 7) is 4.92. The van der Waals surface area contributed by atoms with Crippen molar-refractivity contribution in [3.63, 3.8) is 0 Å². The van der Waals surface area contributed by atoms with Crippen molar-refractivity contribution in [3.05, 3.63) is 33.3 Å². The van der Waals surface area contributed by atoms with E-state index in [1.54, 1.807) is 12.1 Å². The lowest BCUT2D eigenvalue weighted by atomic mass is 10.1. The average molecular weight is 349 g/mol. The van der Waals surface area contributed by atoms with Crippen molar-refractivity contribution in [1.29, 1.82) is 0 Å². The summed E-state index contributed by atoms with van der Waals surface area (Å²) in [7, 11) is 1.98. The molecule has 0 saturated carbocycles. The minimum absolute atomic E-state index is 0.0701. The average Bonchev–Trinajstić information content (AvgIpc) is 2.36. The fourth-order valence-corrected chi connectivity index (χ4v) is 2.40. The van der Waals surface area contributed by atoms with Crippen molar-refractivity contribution in [2.24, 2.45) is 0 Å². The van der Waals surface area contributed by atoms with Gasteiger partial charge < -0.3 is 9.64 Å². The van der Waals surface area contributed by atoms with Gasteiger partial charge in [0, 0.05) is 36.2 Å². The number of hydrogen-bond acceptors (Lipinski definition) is 3. The number of Topliss-reactive ketones (excluding diaryl/α,β-unsaturated/α-hetero) is 1. The number of carbonyl (C=O) groups is 1. The van der Waals surface area contributed by atoms with Crippen LogP contribution in [-0.2, 0) is 4.74 Å². The molecule has 0 fully saturated rings. The van der Waals surface area contributed by atoms with Gasteiger partial charge in [-0.3, -0.25) is 4.79 Å². The Morgan fingerprint density at radius 1 is 1.42 bits per heavy atom. The van der Waals surface area contributed by atoms with Crippen LogP contribution < -0.4 is 0 Å². The first-order valence-corrected chi connectivity index (χ1v) is 7.46. The lowest BCUT2D eigenvalue weighted by molar-refractivity contribution is 0.0946. The van der Waals surface area contributed by atoms with Crippen LogP contribution >= 0.6 is 27.5 Å². The Balaban J connectivity index is 2.42. The number of hydrogen-bond donors (Lipinski definition) is 0. The van der Waals surface area contributed by atoms with E-state index in [0.717, 1.165) is 17.6 Å². The van der Waals surface area contributed by atoms with Crippen LogP contribution in [0.5, 0.6) is 0 Å². The van der Waals surface area contributed by atoms with E-state index in [1.807, 2.05) is 20.0 Å². The van der Waals surface area contributed by atoms with E-state index in [9.17, 15) is 4.79 Å². The molecule has 0 aromatic heterocycles. The second-order valence-corrected chi connectivity index (χ2v) is 5.62. The van der Waals surface area contributed by atoms with Gasteiger partial charge in [0.1, 0.15) is 0 Å². The molecule has 1 aromatic carbocycles. The summed E-state index contributed by atoms with van der Waals surface area (Å²) in [6.07, 6.45) is 0.462. The van der Waals surface area contributed by atoms with Crippen molar-refractivity contribution >= 4 is 33.3 Å². The summed E-state index contributed by atoms with van der Waals surface area (Å²) in [5.41, 5.74) is 0.586. The fourth-order valence-electron chi connectivity index (χ4n) is 1.62. The molecule has 0 amide bonds. The molecule has 0 spiro atoms. The molecule has 106 valence electrons. The molecule has 0 N–H and O–H groups in total. The minimum atomic E-state index is 0.0701. The molecule has 0 heterocycles. The summed E-state index contributed by atoms with van der Waals surface area (Å²) < 4.78 is 6.15. The van der Waals surface area contributed by atoms with Crippen molar-refractivity contribution in [2.45, 2.75) is 13.3 Å². The standard InChI is InChI=1S/C14H19BrClNO2/c1-3-19-9-8-17(2)7-6-14(18)12-5-4-11(15)10-13(12)16/h4-5,10H,3,6-9H2,1-2H3. The quantitative estimate of drug-likeness (QED) is 0.530. The van der Waals surface area contributed by atoms with Gasteiger partial charge in [-0.25, -0.2) is 0 Å². The summed E-state index contributed by atoms with van der Waals surface area (Å²) in [4.78, 5) is 14.1. The van der Waals surface area contributed by atoms with E-state index in [-0.39, 0.29) is 5.78 Å². The molecule has 1 rings (SSSR count). The highest BCUT2D eigenvalue weighted by molar-refractivity contribution is 9.10. The number of likely N-dealkylation sites (N-methyl/N-ethyl adjacent to an activating group) is 1. The molecule has 5 heteroatoms. The number of carbonyl (C=O) groups excluding carboxylic acids is 1. The number of nitrogens with zero attached hydrogens (tertiary/aromatic N) is 1. The fraction of sp³-hybridized carbons (Fsp3) is 0.500.